The van der Waals surface area contributed by atoms with Crippen LogP contribution < -0.4 is 5.32 Å². The summed E-state index contributed by atoms with van der Waals surface area (Å²) in [6.45, 7) is 7.19. The largest absolute Gasteiger partial charge is 0.311 e. The number of hydrogen-bond acceptors (Lipinski definition) is 3. The third kappa shape index (κ3) is 4.48. The molecule has 0 bridgehead atoms. The first-order valence-corrected chi connectivity index (χ1v) is 6.58. The summed E-state index contributed by atoms with van der Waals surface area (Å²) in [5, 5.41) is 12.4. The molecule has 0 radical (unpaired) electrons. The second-order valence-electron chi connectivity index (χ2n) is 4.68. The lowest BCUT2D eigenvalue weighted by Crippen LogP contribution is -2.34. The molecule has 1 atom stereocenters. The molecule has 0 heterocycles. The molecule has 1 rings (SSSR count). The van der Waals surface area contributed by atoms with Gasteiger partial charge >= 0.3 is 0 Å². The van der Waals surface area contributed by atoms with E-state index in [4.69, 9.17) is 5.26 Å². The molecule has 0 aliphatic carbocycles. The van der Waals surface area contributed by atoms with Crippen LogP contribution in [0.2, 0.25) is 0 Å². The van der Waals surface area contributed by atoms with Gasteiger partial charge in [0.05, 0.1) is 11.6 Å². The lowest BCUT2D eigenvalue weighted by Gasteiger charge is -2.23. The molecule has 18 heavy (non-hydrogen) atoms. The minimum atomic E-state index is 0.623. The number of likely N-dealkylation sites (N-methyl/N-ethyl adjacent to an activating group) is 1. The summed E-state index contributed by atoms with van der Waals surface area (Å²) < 4.78 is 0. The van der Waals surface area contributed by atoms with Crippen LogP contribution in [0.5, 0.6) is 0 Å². The van der Waals surface area contributed by atoms with Crippen molar-refractivity contribution in [2.45, 2.75) is 32.9 Å². The maximum Gasteiger partial charge on any atom is 0.0995 e. The van der Waals surface area contributed by atoms with Gasteiger partial charge < -0.3 is 10.2 Å². The molecule has 0 saturated heterocycles. The predicted molar refractivity (Wildman–Crippen MR) is 75.2 cm³/mol. The minimum Gasteiger partial charge on any atom is -0.311 e. The van der Waals surface area contributed by atoms with E-state index in [0.29, 0.717) is 6.04 Å². The summed E-state index contributed by atoms with van der Waals surface area (Å²) >= 11 is 0. The second-order valence-corrected chi connectivity index (χ2v) is 4.68. The Balaban J connectivity index is 2.32. The van der Waals surface area contributed by atoms with E-state index < -0.39 is 0 Å². The number of hydrogen-bond donors (Lipinski definition) is 1. The van der Waals surface area contributed by atoms with Crippen molar-refractivity contribution in [3.8, 4) is 6.07 Å². The molecule has 1 N–H and O–H groups in total. The van der Waals surface area contributed by atoms with Gasteiger partial charge in [0, 0.05) is 25.7 Å². The number of benzene rings is 1. The smallest absolute Gasteiger partial charge is 0.0995 e. The van der Waals surface area contributed by atoms with Crippen LogP contribution in [0, 0.1) is 11.3 Å². The van der Waals surface area contributed by atoms with Gasteiger partial charge in [-0.05, 0) is 32.0 Å². The summed E-state index contributed by atoms with van der Waals surface area (Å²) in [7, 11) is 2.15. The summed E-state index contributed by atoms with van der Waals surface area (Å²) in [4.78, 5) is 2.35. The molecule has 0 spiro atoms. The van der Waals surface area contributed by atoms with Crippen LogP contribution >= 0.6 is 0 Å². The van der Waals surface area contributed by atoms with Crippen LogP contribution in [0.3, 0.4) is 0 Å². The zero-order chi connectivity index (χ0) is 13.4. The van der Waals surface area contributed by atoms with Gasteiger partial charge in [-0.3, -0.25) is 0 Å². The zero-order valence-electron chi connectivity index (χ0n) is 11.6. The summed E-state index contributed by atoms with van der Waals surface area (Å²) in [6.07, 6.45) is 1.17. The summed E-state index contributed by atoms with van der Waals surface area (Å²) in [5.74, 6) is 0. The van der Waals surface area contributed by atoms with Crippen LogP contribution in [0.4, 0.5) is 0 Å². The van der Waals surface area contributed by atoms with Gasteiger partial charge in [-0.1, -0.05) is 25.1 Å². The van der Waals surface area contributed by atoms with Gasteiger partial charge in [0.2, 0.25) is 0 Å². The fourth-order valence-corrected chi connectivity index (χ4v) is 1.79. The van der Waals surface area contributed by atoms with E-state index in [1.165, 1.54) is 6.42 Å². The lowest BCUT2D eigenvalue weighted by atomic mass is 10.1. The molecule has 0 saturated carbocycles. The molecule has 0 fully saturated rings. The van der Waals surface area contributed by atoms with Crippen molar-refractivity contribution in [2.75, 3.05) is 20.1 Å². The molecule has 1 aromatic carbocycles. The SMILES string of the molecule is CCC(C)N(C)CCNCc1ccccc1C#N. The van der Waals surface area contributed by atoms with E-state index in [1.54, 1.807) is 0 Å². The van der Waals surface area contributed by atoms with Crippen LogP contribution in [0.1, 0.15) is 31.4 Å². The van der Waals surface area contributed by atoms with E-state index in [0.717, 1.165) is 30.8 Å². The molecule has 0 aliphatic rings. The fourth-order valence-electron chi connectivity index (χ4n) is 1.79. The van der Waals surface area contributed by atoms with Crippen LogP contribution in [0.25, 0.3) is 0 Å². The quantitative estimate of drug-likeness (QED) is 0.750. The van der Waals surface area contributed by atoms with E-state index in [9.17, 15) is 0 Å². The number of rotatable bonds is 7. The van der Waals surface area contributed by atoms with Gasteiger partial charge in [0.1, 0.15) is 0 Å². The highest BCUT2D eigenvalue weighted by Gasteiger charge is 2.05. The van der Waals surface area contributed by atoms with Gasteiger partial charge in [-0.25, -0.2) is 0 Å². The van der Waals surface area contributed by atoms with E-state index >= 15 is 0 Å². The van der Waals surface area contributed by atoms with Crippen molar-refractivity contribution >= 4 is 0 Å². The number of nitrogens with one attached hydrogen (secondary N) is 1. The number of nitrogens with zero attached hydrogens (tertiary/aromatic N) is 2. The highest BCUT2D eigenvalue weighted by atomic mass is 15.1. The molecule has 3 nitrogen and oxygen atoms in total. The third-order valence-electron chi connectivity index (χ3n) is 3.44. The Labute approximate surface area is 110 Å². The molecule has 1 aromatic rings. The molecular formula is C15H23N3. The Morgan fingerprint density at radius 3 is 2.78 bits per heavy atom. The zero-order valence-corrected chi connectivity index (χ0v) is 11.6. The van der Waals surface area contributed by atoms with Crippen LogP contribution in [0.15, 0.2) is 24.3 Å². The first kappa shape index (κ1) is 14.7. The van der Waals surface area contributed by atoms with Crippen molar-refractivity contribution in [2.24, 2.45) is 0 Å². The van der Waals surface area contributed by atoms with E-state index in [1.807, 2.05) is 24.3 Å². The first-order chi connectivity index (χ1) is 8.69. The molecular weight excluding hydrogens is 222 g/mol. The standard InChI is InChI=1S/C15H23N3/c1-4-13(2)18(3)10-9-17-12-15-8-6-5-7-14(15)11-16/h5-8,13,17H,4,9-10,12H2,1-3H3. The van der Waals surface area contributed by atoms with Crippen molar-refractivity contribution in [3.05, 3.63) is 35.4 Å². The van der Waals surface area contributed by atoms with Gasteiger partial charge in [-0.15, -0.1) is 0 Å². The molecule has 1 unspecified atom stereocenters. The molecule has 0 aliphatic heterocycles. The van der Waals surface area contributed by atoms with Crippen molar-refractivity contribution in [1.82, 2.24) is 10.2 Å². The maximum absolute atomic E-state index is 8.98. The Kier molecular flexibility index (Phi) is 6.42. The van der Waals surface area contributed by atoms with Crippen molar-refractivity contribution in [1.29, 1.82) is 5.26 Å². The van der Waals surface area contributed by atoms with E-state index in [-0.39, 0.29) is 0 Å². The average molecular weight is 245 g/mol. The highest BCUT2D eigenvalue weighted by molar-refractivity contribution is 5.37. The normalized spacial score (nSPS) is 12.4. The van der Waals surface area contributed by atoms with Crippen LogP contribution in [-0.2, 0) is 6.54 Å². The summed E-state index contributed by atoms with van der Waals surface area (Å²) in [5.41, 5.74) is 1.84. The Morgan fingerprint density at radius 1 is 1.39 bits per heavy atom. The molecule has 3 heteroatoms. The van der Waals surface area contributed by atoms with E-state index in [2.05, 4.69) is 37.2 Å². The Bertz CT molecular complexity index is 395. The van der Waals surface area contributed by atoms with Crippen LogP contribution in [-0.4, -0.2) is 31.1 Å². The first-order valence-electron chi connectivity index (χ1n) is 6.58. The summed E-state index contributed by atoms with van der Waals surface area (Å²) in [6, 6.07) is 10.6. The Hall–Kier alpha value is -1.37. The molecule has 0 aromatic heterocycles. The Morgan fingerprint density at radius 2 is 2.11 bits per heavy atom. The molecule has 0 amide bonds. The monoisotopic (exact) mass is 245 g/mol. The highest BCUT2D eigenvalue weighted by Crippen LogP contribution is 2.06. The lowest BCUT2D eigenvalue weighted by molar-refractivity contribution is 0.251. The second kappa shape index (κ2) is 7.86. The molecule has 98 valence electrons. The average Bonchev–Trinajstić information content (AvgIpc) is 2.42. The maximum atomic E-state index is 8.98. The van der Waals surface area contributed by atoms with Gasteiger partial charge in [-0.2, -0.15) is 5.26 Å². The van der Waals surface area contributed by atoms with Crippen molar-refractivity contribution in [3.63, 3.8) is 0 Å². The number of nitriles is 1. The van der Waals surface area contributed by atoms with Gasteiger partial charge in [0.15, 0.2) is 0 Å². The predicted octanol–water partition coefficient (Wildman–Crippen LogP) is 2.38. The topological polar surface area (TPSA) is 39.1 Å². The third-order valence-corrected chi connectivity index (χ3v) is 3.44. The fraction of sp³-hybridized carbons (Fsp3) is 0.533. The van der Waals surface area contributed by atoms with Crippen molar-refractivity contribution < 1.29 is 0 Å². The van der Waals surface area contributed by atoms with Gasteiger partial charge in [0.25, 0.3) is 0 Å². The minimum absolute atomic E-state index is 0.623.